The Morgan fingerprint density at radius 2 is 2.04 bits per heavy atom. The van der Waals surface area contributed by atoms with Crippen molar-refractivity contribution in [2.45, 2.75) is 12.8 Å². The third-order valence-electron chi connectivity index (χ3n) is 4.17. The van der Waals surface area contributed by atoms with Crippen molar-refractivity contribution in [3.63, 3.8) is 0 Å². The number of nitrogens with one attached hydrogen (secondary N) is 1. The van der Waals surface area contributed by atoms with E-state index < -0.39 is 5.91 Å². The van der Waals surface area contributed by atoms with E-state index in [0.717, 1.165) is 23.1 Å². The summed E-state index contributed by atoms with van der Waals surface area (Å²) < 4.78 is 5.46. The summed E-state index contributed by atoms with van der Waals surface area (Å²) in [5.41, 5.74) is 8.72. The lowest BCUT2D eigenvalue weighted by molar-refractivity contribution is 0.100. The van der Waals surface area contributed by atoms with Gasteiger partial charge in [-0.15, -0.1) is 0 Å². The Kier molecular flexibility index (Phi) is 5.73. The summed E-state index contributed by atoms with van der Waals surface area (Å²) in [6, 6.07) is 8.91. The number of amides is 1. The first-order valence-electron chi connectivity index (χ1n) is 8.25. The number of methoxy groups -OCH3 is 1. The fourth-order valence-electron chi connectivity index (χ4n) is 2.88. The van der Waals surface area contributed by atoms with Gasteiger partial charge in [0.2, 0.25) is 0 Å². The highest BCUT2D eigenvalue weighted by Crippen LogP contribution is 2.35. The quantitative estimate of drug-likeness (QED) is 0.596. The predicted molar refractivity (Wildman–Crippen MR) is 110 cm³/mol. The van der Waals surface area contributed by atoms with Crippen LogP contribution in [0.3, 0.4) is 0 Å². The predicted octanol–water partition coefficient (Wildman–Crippen LogP) is 5.16. The van der Waals surface area contributed by atoms with Crippen molar-refractivity contribution in [1.29, 1.82) is 0 Å². The van der Waals surface area contributed by atoms with Gasteiger partial charge in [-0.25, -0.2) is 0 Å². The number of carbonyl (C=O) groups excluding carboxylic acids is 1. The van der Waals surface area contributed by atoms with Crippen molar-refractivity contribution in [2.75, 3.05) is 12.4 Å². The summed E-state index contributed by atoms with van der Waals surface area (Å²) >= 11 is 12.1. The van der Waals surface area contributed by atoms with E-state index in [1.54, 1.807) is 25.3 Å². The fraction of sp³-hybridized carbons (Fsp3) is 0.150. The molecule has 139 valence electrons. The number of primary amides is 1. The third kappa shape index (κ3) is 3.94. The molecule has 1 aromatic heterocycles. The number of hydrogen-bond acceptors (Lipinski definition) is 4. The Morgan fingerprint density at radius 1 is 1.26 bits per heavy atom. The maximum absolute atomic E-state index is 12.0. The average Bonchev–Trinajstić information content (AvgIpc) is 2.64. The first-order chi connectivity index (χ1) is 12.9. The van der Waals surface area contributed by atoms with Crippen LogP contribution in [-0.2, 0) is 6.42 Å². The van der Waals surface area contributed by atoms with Crippen LogP contribution < -0.4 is 15.8 Å². The number of nitrogens with two attached hydrogens (primary N) is 1. The highest BCUT2D eigenvalue weighted by atomic mass is 35.5. The second kappa shape index (κ2) is 8.03. The van der Waals surface area contributed by atoms with Crippen molar-refractivity contribution in [3.8, 4) is 5.75 Å². The lowest BCUT2D eigenvalue weighted by Crippen LogP contribution is -2.14. The number of aryl methyl sites for hydroxylation is 1. The maximum Gasteiger partial charge on any atom is 0.252 e. The topological polar surface area (TPSA) is 77.2 Å². The lowest BCUT2D eigenvalue weighted by Gasteiger charge is -2.16. The molecule has 0 aliphatic rings. The minimum Gasteiger partial charge on any atom is -0.496 e. The third-order valence-corrected chi connectivity index (χ3v) is 4.91. The van der Waals surface area contributed by atoms with Gasteiger partial charge in [-0.05, 0) is 42.7 Å². The molecule has 0 saturated carbocycles. The summed E-state index contributed by atoms with van der Waals surface area (Å²) in [7, 11) is 1.61. The molecule has 0 unspecified atom stereocenters. The number of fused-ring (bicyclic) bond motifs is 1. The van der Waals surface area contributed by atoms with Gasteiger partial charge in [-0.3, -0.25) is 9.78 Å². The van der Waals surface area contributed by atoms with Crippen molar-refractivity contribution in [1.82, 2.24) is 4.98 Å². The van der Waals surface area contributed by atoms with Gasteiger partial charge in [0.25, 0.3) is 5.91 Å². The number of carbonyl (C=O) groups is 1. The van der Waals surface area contributed by atoms with Crippen molar-refractivity contribution < 1.29 is 9.53 Å². The molecule has 3 rings (SSSR count). The molecule has 27 heavy (non-hydrogen) atoms. The van der Waals surface area contributed by atoms with Crippen LogP contribution in [0.25, 0.3) is 10.9 Å². The van der Waals surface area contributed by atoms with E-state index in [1.165, 1.54) is 6.20 Å². The molecule has 1 radical (unpaired) electrons. The van der Waals surface area contributed by atoms with Crippen LogP contribution in [0.15, 0.2) is 36.5 Å². The molecule has 0 bridgehead atoms. The summed E-state index contributed by atoms with van der Waals surface area (Å²) in [4.78, 5) is 16.3. The normalized spacial score (nSPS) is 10.8. The summed E-state index contributed by atoms with van der Waals surface area (Å²) in [5.74, 6) is 0.146. The Balaban J connectivity index is 2.22. The molecule has 0 spiro atoms. The van der Waals surface area contributed by atoms with E-state index >= 15 is 0 Å². The number of anilines is 2. The monoisotopic (exact) mass is 402 g/mol. The zero-order valence-electron chi connectivity index (χ0n) is 14.7. The van der Waals surface area contributed by atoms with Gasteiger partial charge in [0.15, 0.2) is 0 Å². The largest absolute Gasteiger partial charge is 0.496 e. The SMILES string of the molecule is [CH2]CCc1cc2c(Nc3ccc(Cl)c(Cl)c3)c(C(N)=O)cnc2cc1OC. The Labute approximate surface area is 167 Å². The van der Waals surface area contributed by atoms with E-state index in [0.29, 0.717) is 33.4 Å². The second-order valence-electron chi connectivity index (χ2n) is 5.95. The number of halogens is 2. The van der Waals surface area contributed by atoms with Crippen molar-refractivity contribution in [2.24, 2.45) is 5.73 Å². The standard InChI is InChI=1S/C20H18Cl2N3O2/c1-3-4-11-7-13-17(9-18(11)27-2)24-10-14(20(23)26)19(13)25-12-5-6-15(21)16(22)8-12/h5-10H,1,3-4H2,2H3,(H2,23,26)(H,24,25). The Morgan fingerprint density at radius 3 is 2.67 bits per heavy atom. The molecule has 0 fully saturated rings. The van der Waals surface area contributed by atoms with E-state index in [1.807, 2.05) is 12.1 Å². The molecule has 1 heterocycles. The molecular weight excluding hydrogens is 385 g/mol. The number of nitrogens with zero attached hydrogens (tertiary/aromatic N) is 1. The van der Waals surface area contributed by atoms with E-state index in [9.17, 15) is 4.79 Å². The van der Waals surface area contributed by atoms with Crippen LogP contribution >= 0.6 is 23.2 Å². The molecule has 1 amide bonds. The van der Waals surface area contributed by atoms with Gasteiger partial charge in [0.1, 0.15) is 5.75 Å². The number of benzene rings is 2. The molecule has 5 nitrogen and oxygen atoms in total. The van der Waals surface area contributed by atoms with Crippen LogP contribution in [0.1, 0.15) is 22.3 Å². The maximum atomic E-state index is 12.0. The number of rotatable bonds is 6. The molecule has 7 heteroatoms. The number of aromatic nitrogens is 1. The minimum absolute atomic E-state index is 0.277. The number of pyridine rings is 1. The van der Waals surface area contributed by atoms with Crippen LogP contribution in [0, 0.1) is 6.92 Å². The second-order valence-corrected chi connectivity index (χ2v) is 6.76. The molecule has 3 aromatic rings. The molecule has 0 atom stereocenters. The lowest BCUT2D eigenvalue weighted by atomic mass is 10.0. The Hall–Kier alpha value is -2.50. The van der Waals surface area contributed by atoms with Gasteiger partial charge in [-0.1, -0.05) is 30.1 Å². The highest BCUT2D eigenvalue weighted by molar-refractivity contribution is 6.42. The van der Waals surface area contributed by atoms with Crippen LogP contribution in [0.4, 0.5) is 11.4 Å². The first kappa shape index (κ1) is 19.3. The molecular formula is C20H18Cl2N3O2. The Bertz CT molecular complexity index is 1020. The van der Waals surface area contributed by atoms with Gasteiger partial charge >= 0.3 is 0 Å². The average molecular weight is 403 g/mol. The van der Waals surface area contributed by atoms with E-state index in [-0.39, 0.29) is 5.56 Å². The summed E-state index contributed by atoms with van der Waals surface area (Å²) in [5, 5.41) is 4.83. The highest BCUT2D eigenvalue weighted by Gasteiger charge is 2.16. The fourth-order valence-corrected chi connectivity index (χ4v) is 3.18. The molecule has 0 aliphatic carbocycles. The van der Waals surface area contributed by atoms with Crippen molar-refractivity contribution >= 4 is 51.4 Å². The molecule has 2 aromatic carbocycles. The molecule has 0 aliphatic heterocycles. The smallest absolute Gasteiger partial charge is 0.252 e. The zero-order valence-corrected chi connectivity index (χ0v) is 16.2. The molecule has 3 N–H and O–H groups in total. The zero-order chi connectivity index (χ0) is 19.6. The van der Waals surface area contributed by atoms with E-state index in [2.05, 4.69) is 17.2 Å². The van der Waals surface area contributed by atoms with Gasteiger partial charge in [0.05, 0.1) is 33.9 Å². The van der Waals surface area contributed by atoms with Crippen LogP contribution in [0.5, 0.6) is 5.75 Å². The van der Waals surface area contributed by atoms with Gasteiger partial charge < -0.3 is 15.8 Å². The minimum atomic E-state index is -0.582. The van der Waals surface area contributed by atoms with E-state index in [4.69, 9.17) is 33.7 Å². The first-order valence-corrected chi connectivity index (χ1v) is 9.01. The van der Waals surface area contributed by atoms with Crippen LogP contribution in [0.2, 0.25) is 10.0 Å². The van der Waals surface area contributed by atoms with Gasteiger partial charge in [-0.2, -0.15) is 0 Å². The number of hydrogen-bond donors (Lipinski definition) is 2. The summed E-state index contributed by atoms with van der Waals surface area (Å²) in [6.07, 6.45) is 2.89. The molecule has 0 saturated heterocycles. The number of ether oxygens (including phenoxy) is 1. The van der Waals surface area contributed by atoms with Gasteiger partial charge in [0, 0.05) is 23.3 Å². The van der Waals surface area contributed by atoms with Crippen molar-refractivity contribution in [3.05, 3.63) is 64.6 Å². The summed E-state index contributed by atoms with van der Waals surface area (Å²) in [6.45, 7) is 3.90. The van der Waals surface area contributed by atoms with Crippen LogP contribution in [-0.4, -0.2) is 18.0 Å².